The first-order valence-electron chi connectivity index (χ1n) is 5.99. The standard InChI is InChI=1S/C12H22O/c1-2-3-4-9-13-12-7-5-11(10-12)6-8-12/h11H,2-10H2,1H3. The van der Waals surface area contributed by atoms with Crippen LogP contribution >= 0.6 is 0 Å². The van der Waals surface area contributed by atoms with E-state index >= 15 is 0 Å². The maximum atomic E-state index is 6.08. The largest absolute Gasteiger partial charge is 0.375 e. The molecule has 0 N–H and O–H groups in total. The lowest BCUT2D eigenvalue weighted by Gasteiger charge is -2.26. The minimum Gasteiger partial charge on any atom is -0.375 e. The second kappa shape index (κ2) is 4.00. The second-order valence-electron chi connectivity index (χ2n) is 4.89. The molecule has 0 unspecified atom stereocenters. The maximum absolute atomic E-state index is 6.08. The quantitative estimate of drug-likeness (QED) is 0.591. The van der Waals surface area contributed by atoms with Crippen molar-refractivity contribution >= 4 is 0 Å². The molecule has 0 aromatic heterocycles. The van der Waals surface area contributed by atoms with Gasteiger partial charge in [0.1, 0.15) is 0 Å². The number of hydrogen-bond acceptors (Lipinski definition) is 1. The maximum Gasteiger partial charge on any atom is 0.0685 e. The topological polar surface area (TPSA) is 9.23 Å². The predicted octanol–water partition coefficient (Wildman–Crippen LogP) is 3.53. The van der Waals surface area contributed by atoms with Crippen molar-refractivity contribution in [2.75, 3.05) is 6.61 Å². The molecule has 0 aliphatic heterocycles. The summed E-state index contributed by atoms with van der Waals surface area (Å²) in [6.45, 7) is 3.26. The second-order valence-corrected chi connectivity index (χ2v) is 4.89. The molecule has 2 rings (SSSR count). The van der Waals surface area contributed by atoms with Crippen molar-refractivity contribution in [3.05, 3.63) is 0 Å². The Morgan fingerprint density at radius 1 is 1.23 bits per heavy atom. The molecule has 0 radical (unpaired) electrons. The normalized spacial score (nSPS) is 37.2. The van der Waals surface area contributed by atoms with Gasteiger partial charge in [-0.05, 0) is 44.4 Å². The van der Waals surface area contributed by atoms with Crippen LogP contribution in [0.3, 0.4) is 0 Å². The van der Waals surface area contributed by atoms with Crippen LogP contribution in [0.2, 0.25) is 0 Å². The molecule has 2 fully saturated rings. The van der Waals surface area contributed by atoms with Crippen LogP contribution < -0.4 is 0 Å². The van der Waals surface area contributed by atoms with Crippen LogP contribution in [0.15, 0.2) is 0 Å². The van der Waals surface area contributed by atoms with Crippen molar-refractivity contribution in [2.45, 2.75) is 63.9 Å². The minimum atomic E-state index is 0.360. The number of unbranched alkanes of at least 4 members (excludes halogenated alkanes) is 2. The van der Waals surface area contributed by atoms with E-state index in [1.807, 2.05) is 0 Å². The third kappa shape index (κ3) is 2.07. The third-order valence-corrected chi connectivity index (χ3v) is 3.83. The highest BCUT2D eigenvalue weighted by atomic mass is 16.5. The zero-order valence-electron chi connectivity index (χ0n) is 8.85. The molecule has 0 amide bonds. The Morgan fingerprint density at radius 2 is 2.00 bits per heavy atom. The van der Waals surface area contributed by atoms with Crippen molar-refractivity contribution in [3.8, 4) is 0 Å². The van der Waals surface area contributed by atoms with Gasteiger partial charge in [0.15, 0.2) is 0 Å². The highest BCUT2D eigenvalue weighted by Crippen LogP contribution is 2.49. The highest BCUT2D eigenvalue weighted by molar-refractivity contribution is 4.97. The highest BCUT2D eigenvalue weighted by Gasteiger charge is 2.45. The number of rotatable bonds is 5. The van der Waals surface area contributed by atoms with E-state index in [9.17, 15) is 0 Å². The van der Waals surface area contributed by atoms with Gasteiger partial charge in [-0.3, -0.25) is 0 Å². The third-order valence-electron chi connectivity index (χ3n) is 3.83. The van der Waals surface area contributed by atoms with Crippen LogP contribution in [0.4, 0.5) is 0 Å². The molecule has 2 aliphatic rings. The lowest BCUT2D eigenvalue weighted by Crippen LogP contribution is -2.27. The molecule has 0 saturated heterocycles. The molecule has 1 nitrogen and oxygen atoms in total. The number of fused-ring (bicyclic) bond motifs is 2. The van der Waals surface area contributed by atoms with E-state index in [1.165, 1.54) is 51.4 Å². The summed E-state index contributed by atoms with van der Waals surface area (Å²) in [7, 11) is 0. The first kappa shape index (κ1) is 9.51. The molecule has 2 bridgehead atoms. The van der Waals surface area contributed by atoms with Gasteiger partial charge in [0.2, 0.25) is 0 Å². The van der Waals surface area contributed by atoms with Crippen LogP contribution in [0.25, 0.3) is 0 Å². The summed E-state index contributed by atoms with van der Waals surface area (Å²) >= 11 is 0. The zero-order valence-corrected chi connectivity index (χ0v) is 8.85. The molecular formula is C12H22O. The van der Waals surface area contributed by atoms with Crippen LogP contribution in [0.1, 0.15) is 58.3 Å². The lowest BCUT2D eigenvalue weighted by atomic mass is 9.97. The van der Waals surface area contributed by atoms with Crippen LogP contribution in [-0.4, -0.2) is 12.2 Å². The fourth-order valence-electron chi connectivity index (χ4n) is 2.98. The van der Waals surface area contributed by atoms with Crippen LogP contribution in [-0.2, 0) is 4.74 Å². The van der Waals surface area contributed by atoms with E-state index in [0.717, 1.165) is 12.5 Å². The summed E-state index contributed by atoms with van der Waals surface area (Å²) in [5.74, 6) is 1.02. The van der Waals surface area contributed by atoms with Gasteiger partial charge in [-0.15, -0.1) is 0 Å². The van der Waals surface area contributed by atoms with E-state index in [4.69, 9.17) is 4.74 Å². The summed E-state index contributed by atoms with van der Waals surface area (Å²) in [5.41, 5.74) is 0.360. The molecular weight excluding hydrogens is 160 g/mol. The monoisotopic (exact) mass is 182 g/mol. The van der Waals surface area contributed by atoms with Crippen molar-refractivity contribution in [2.24, 2.45) is 5.92 Å². The Kier molecular flexibility index (Phi) is 2.92. The molecule has 2 saturated carbocycles. The lowest BCUT2D eigenvalue weighted by molar-refractivity contribution is -0.0386. The summed E-state index contributed by atoms with van der Waals surface area (Å²) in [4.78, 5) is 0. The summed E-state index contributed by atoms with van der Waals surface area (Å²) < 4.78 is 6.08. The molecule has 0 atom stereocenters. The van der Waals surface area contributed by atoms with Crippen molar-refractivity contribution in [3.63, 3.8) is 0 Å². The van der Waals surface area contributed by atoms with Crippen molar-refractivity contribution in [1.82, 2.24) is 0 Å². The minimum absolute atomic E-state index is 0.360. The SMILES string of the molecule is CCCCCOC12CCC(CC1)C2. The Balaban J connectivity index is 1.69. The fourth-order valence-corrected chi connectivity index (χ4v) is 2.98. The molecule has 13 heavy (non-hydrogen) atoms. The van der Waals surface area contributed by atoms with Crippen molar-refractivity contribution in [1.29, 1.82) is 0 Å². The summed E-state index contributed by atoms with van der Waals surface area (Å²) in [6.07, 6.45) is 10.9. The van der Waals surface area contributed by atoms with E-state index in [-0.39, 0.29) is 0 Å². The average molecular weight is 182 g/mol. The van der Waals surface area contributed by atoms with E-state index in [1.54, 1.807) is 0 Å². The van der Waals surface area contributed by atoms with E-state index in [0.29, 0.717) is 5.60 Å². The molecule has 0 aromatic carbocycles. The average Bonchev–Trinajstić information content (AvgIpc) is 2.72. The smallest absolute Gasteiger partial charge is 0.0685 e. The Labute approximate surface area is 81.9 Å². The first-order valence-corrected chi connectivity index (χ1v) is 5.99. The van der Waals surface area contributed by atoms with Gasteiger partial charge in [0.25, 0.3) is 0 Å². The van der Waals surface area contributed by atoms with E-state index < -0.39 is 0 Å². The molecule has 0 aromatic rings. The van der Waals surface area contributed by atoms with E-state index in [2.05, 4.69) is 6.92 Å². The van der Waals surface area contributed by atoms with Gasteiger partial charge in [-0.25, -0.2) is 0 Å². The molecule has 76 valence electrons. The van der Waals surface area contributed by atoms with Crippen molar-refractivity contribution < 1.29 is 4.74 Å². The van der Waals surface area contributed by atoms with Gasteiger partial charge in [0.05, 0.1) is 5.60 Å². The molecule has 0 heterocycles. The number of hydrogen-bond donors (Lipinski definition) is 0. The molecule has 1 heteroatoms. The zero-order chi connectivity index (χ0) is 9.15. The Hall–Kier alpha value is -0.0400. The summed E-state index contributed by atoms with van der Waals surface area (Å²) in [5, 5.41) is 0. The Morgan fingerprint density at radius 3 is 2.54 bits per heavy atom. The van der Waals surface area contributed by atoms with Gasteiger partial charge in [-0.2, -0.15) is 0 Å². The van der Waals surface area contributed by atoms with Crippen LogP contribution in [0.5, 0.6) is 0 Å². The van der Waals surface area contributed by atoms with Gasteiger partial charge < -0.3 is 4.74 Å². The first-order chi connectivity index (χ1) is 6.35. The number of ether oxygens (including phenoxy) is 1. The van der Waals surface area contributed by atoms with Gasteiger partial charge in [-0.1, -0.05) is 19.8 Å². The van der Waals surface area contributed by atoms with Gasteiger partial charge in [0, 0.05) is 6.61 Å². The predicted molar refractivity (Wildman–Crippen MR) is 54.8 cm³/mol. The van der Waals surface area contributed by atoms with Crippen LogP contribution in [0, 0.1) is 5.92 Å². The molecule has 2 aliphatic carbocycles. The Bertz CT molecular complexity index is 157. The molecule has 0 spiro atoms. The van der Waals surface area contributed by atoms with Gasteiger partial charge >= 0.3 is 0 Å². The summed E-state index contributed by atoms with van der Waals surface area (Å²) in [6, 6.07) is 0. The fraction of sp³-hybridized carbons (Fsp3) is 1.00.